The number of amides is 3. The minimum absolute atomic E-state index is 0.0465. The first kappa shape index (κ1) is 17.7. The van der Waals surface area contributed by atoms with Crippen LogP contribution in [0.1, 0.15) is 19.8 Å². The Morgan fingerprint density at radius 3 is 2.50 bits per heavy atom. The zero-order valence-electron chi connectivity index (χ0n) is 13.4. The fraction of sp³-hybridized carbons (Fsp3) is 0.438. The molecule has 1 aliphatic heterocycles. The highest BCUT2D eigenvalue weighted by atomic mass is 19.1. The van der Waals surface area contributed by atoms with Crippen LogP contribution in [-0.4, -0.2) is 48.5 Å². The van der Waals surface area contributed by atoms with Crippen LogP contribution in [0.2, 0.25) is 0 Å². The molecule has 2 N–H and O–H groups in total. The Morgan fingerprint density at radius 1 is 1.21 bits per heavy atom. The highest BCUT2D eigenvalue weighted by molar-refractivity contribution is 6.39. The summed E-state index contributed by atoms with van der Waals surface area (Å²) >= 11 is 0. The zero-order chi connectivity index (χ0) is 17.5. The van der Waals surface area contributed by atoms with Gasteiger partial charge in [0.1, 0.15) is 5.82 Å². The number of halogens is 1. The predicted octanol–water partition coefficient (Wildman–Crippen LogP) is 1.50. The fourth-order valence-corrected chi connectivity index (χ4v) is 2.41. The van der Waals surface area contributed by atoms with Crippen LogP contribution in [-0.2, 0) is 14.3 Å². The fourth-order valence-electron chi connectivity index (χ4n) is 2.41. The molecule has 2 rings (SSSR count). The van der Waals surface area contributed by atoms with Gasteiger partial charge in [0.2, 0.25) is 0 Å². The Balaban J connectivity index is 1.80. The molecule has 0 saturated carbocycles. The Morgan fingerprint density at radius 2 is 1.88 bits per heavy atom. The van der Waals surface area contributed by atoms with E-state index in [1.807, 2.05) is 0 Å². The highest BCUT2D eigenvalue weighted by Crippen LogP contribution is 2.13. The lowest BCUT2D eigenvalue weighted by Crippen LogP contribution is -2.49. The topological polar surface area (TPSA) is 87.7 Å². The molecular weight excluding hydrogens is 317 g/mol. The van der Waals surface area contributed by atoms with Crippen molar-refractivity contribution in [3.8, 4) is 0 Å². The van der Waals surface area contributed by atoms with Gasteiger partial charge in [-0.25, -0.2) is 9.18 Å². The van der Waals surface area contributed by atoms with Gasteiger partial charge in [-0.2, -0.15) is 0 Å². The van der Waals surface area contributed by atoms with E-state index in [-0.39, 0.29) is 17.8 Å². The Labute approximate surface area is 139 Å². The maximum atomic E-state index is 13.5. The third kappa shape index (κ3) is 4.68. The average molecular weight is 337 g/mol. The average Bonchev–Trinajstić information content (AvgIpc) is 2.57. The van der Waals surface area contributed by atoms with Gasteiger partial charge in [-0.15, -0.1) is 0 Å². The minimum atomic E-state index is -0.923. The molecule has 130 valence electrons. The summed E-state index contributed by atoms with van der Waals surface area (Å²) in [5.41, 5.74) is -0.0465. The number of carbonyl (C=O) groups excluding carboxylic acids is 3. The van der Waals surface area contributed by atoms with Crippen LogP contribution in [0.3, 0.4) is 0 Å². The molecule has 1 aliphatic rings. The first-order valence-electron chi connectivity index (χ1n) is 7.79. The standard InChI is InChI=1S/C16H20FN3O4/c1-2-24-16(23)20-9-7-11(8-10-20)18-14(21)15(22)19-13-6-4-3-5-12(13)17/h3-6,11H,2,7-10H2,1H3,(H,18,21)(H,19,22). The molecule has 7 nitrogen and oxygen atoms in total. The van der Waals surface area contributed by atoms with Crippen LogP contribution >= 0.6 is 0 Å². The maximum absolute atomic E-state index is 13.5. The molecule has 0 aromatic heterocycles. The van der Waals surface area contributed by atoms with Gasteiger partial charge in [-0.3, -0.25) is 9.59 Å². The van der Waals surface area contributed by atoms with E-state index in [0.717, 1.165) is 0 Å². The van der Waals surface area contributed by atoms with E-state index in [9.17, 15) is 18.8 Å². The van der Waals surface area contributed by atoms with Gasteiger partial charge in [0.15, 0.2) is 0 Å². The van der Waals surface area contributed by atoms with Crippen molar-refractivity contribution in [2.75, 3.05) is 25.0 Å². The number of rotatable bonds is 3. The smallest absolute Gasteiger partial charge is 0.409 e. The number of nitrogens with one attached hydrogen (secondary N) is 2. The summed E-state index contributed by atoms with van der Waals surface area (Å²) in [6.45, 7) is 2.93. The van der Waals surface area contributed by atoms with Gasteiger partial charge in [0.05, 0.1) is 12.3 Å². The van der Waals surface area contributed by atoms with Gasteiger partial charge in [-0.1, -0.05) is 12.1 Å². The zero-order valence-corrected chi connectivity index (χ0v) is 13.4. The van der Waals surface area contributed by atoms with Gasteiger partial charge in [0, 0.05) is 19.1 Å². The second-order valence-corrected chi connectivity index (χ2v) is 5.37. The number of nitrogens with zero attached hydrogens (tertiary/aromatic N) is 1. The molecular formula is C16H20FN3O4. The van der Waals surface area contributed by atoms with Crippen LogP contribution < -0.4 is 10.6 Å². The van der Waals surface area contributed by atoms with Crippen molar-refractivity contribution < 1.29 is 23.5 Å². The van der Waals surface area contributed by atoms with E-state index in [2.05, 4.69) is 10.6 Å². The largest absolute Gasteiger partial charge is 0.450 e. The molecule has 0 aliphatic carbocycles. The lowest BCUT2D eigenvalue weighted by Gasteiger charge is -2.31. The second kappa shape index (κ2) is 8.28. The van der Waals surface area contributed by atoms with Crippen molar-refractivity contribution >= 4 is 23.6 Å². The van der Waals surface area contributed by atoms with E-state index in [4.69, 9.17) is 4.74 Å². The molecule has 0 bridgehead atoms. The van der Waals surface area contributed by atoms with Crippen LogP contribution in [0.15, 0.2) is 24.3 Å². The highest BCUT2D eigenvalue weighted by Gasteiger charge is 2.26. The quantitative estimate of drug-likeness (QED) is 0.818. The van der Waals surface area contributed by atoms with E-state index >= 15 is 0 Å². The second-order valence-electron chi connectivity index (χ2n) is 5.37. The molecule has 24 heavy (non-hydrogen) atoms. The summed E-state index contributed by atoms with van der Waals surface area (Å²) < 4.78 is 18.4. The van der Waals surface area contributed by atoms with Crippen molar-refractivity contribution in [1.29, 1.82) is 0 Å². The number of carbonyl (C=O) groups is 3. The van der Waals surface area contributed by atoms with Crippen LogP contribution in [0.5, 0.6) is 0 Å². The Hall–Kier alpha value is -2.64. The molecule has 1 heterocycles. The summed E-state index contributed by atoms with van der Waals surface area (Å²) in [7, 11) is 0. The SMILES string of the molecule is CCOC(=O)N1CCC(NC(=O)C(=O)Nc2ccccc2F)CC1. The van der Waals surface area contributed by atoms with E-state index in [1.54, 1.807) is 17.9 Å². The molecule has 1 fully saturated rings. The molecule has 0 unspecified atom stereocenters. The number of hydrogen-bond donors (Lipinski definition) is 2. The number of hydrogen-bond acceptors (Lipinski definition) is 4. The van der Waals surface area contributed by atoms with Crippen LogP contribution in [0.4, 0.5) is 14.9 Å². The van der Waals surface area contributed by atoms with Gasteiger partial charge in [-0.05, 0) is 31.9 Å². The summed E-state index contributed by atoms with van der Waals surface area (Å²) in [5.74, 6) is -2.36. The number of para-hydroxylation sites is 1. The maximum Gasteiger partial charge on any atom is 0.409 e. The third-order valence-electron chi connectivity index (χ3n) is 3.68. The lowest BCUT2D eigenvalue weighted by atomic mass is 10.1. The summed E-state index contributed by atoms with van der Waals surface area (Å²) in [5, 5.41) is 4.83. The normalized spacial score (nSPS) is 14.8. The lowest BCUT2D eigenvalue weighted by molar-refractivity contribution is -0.136. The van der Waals surface area contributed by atoms with Gasteiger partial charge in [0.25, 0.3) is 0 Å². The molecule has 0 atom stereocenters. The first-order valence-corrected chi connectivity index (χ1v) is 7.79. The summed E-state index contributed by atoms with van der Waals surface area (Å²) in [4.78, 5) is 36.9. The molecule has 8 heteroatoms. The molecule has 1 aromatic carbocycles. The number of piperidine rings is 1. The molecule has 0 spiro atoms. The predicted molar refractivity (Wildman–Crippen MR) is 84.8 cm³/mol. The molecule has 1 saturated heterocycles. The molecule has 1 aromatic rings. The molecule has 0 radical (unpaired) electrons. The minimum Gasteiger partial charge on any atom is -0.450 e. The monoisotopic (exact) mass is 337 g/mol. The molecule has 3 amide bonds. The number of likely N-dealkylation sites (tertiary alicyclic amines) is 1. The third-order valence-corrected chi connectivity index (χ3v) is 3.68. The van der Waals surface area contributed by atoms with Gasteiger partial charge >= 0.3 is 17.9 Å². The van der Waals surface area contributed by atoms with Gasteiger partial charge < -0.3 is 20.3 Å². The first-order chi connectivity index (χ1) is 11.5. The Bertz CT molecular complexity index is 615. The van der Waals surface area contributed by atoms with E-state index in [1.165, 1.54) is 18.2 Å². The van der Waals surface area contributed by atoms with Crippen molar-refractivity contribution in [2.24, 2.45) is 0 Å². The number of ether oxygens (including phenoxy) is 1. The van der Waals surface area contributed by atoms with Crippen LogP contribution in [0.25, 0.3) is 0 Å². The number of benzene rings is 1. The van der Waals surface area contributed by atoms with Crippen LogP contribution in [0, 0.1) is 5.82 Å². The van der Waals surface area contributed by atoms with Crippen molar-refractivity contribution in [3.05, 3.63) is 30.1 Å². The van der Waals surface area contributed by atoms with Crippen molar-refractivity contribution in [1.82, 2.24) is 10.2 Å². The Kier molecular flexibility index (Phi) is 6.11. The number of anilines is 1. The van der Waals surface area contributed by atoms with E-state index < -0.39 is 17.6 Å². The van der Waals surface area contributed by atoms with E-state index in [0.29, 0.717) is 32.5 Å². The summed E-state index contributed by atoms with van der Waals surface area (Å²) in [6, 6.07) is 5.40. The van der Waals surface area contributed by atoms with Crippen molar-refractivity contribution in [3.63, 3.8) is 0 Å². The van der Waals surface area contributed by atoms with Crippen molar-refractivity contribution in [2.45, 2.75) is 25.8 Å². The summed E-state index contributed by atoms with van der Waals surface area (Å²) in [6.07, 6.45) is 0.675.